The first-order chi connectivity index (χ1) is 22.2. The number of halogens is 3. The highest BCUT2D eigenvalue weighted by atomic mass is 19.3. The number of anilines is 1. The molecule has 2 aliphatic heterocycles. The Balaban J connectivity index is 1.18. The SMILES string of the molecule is CC1CN(c2cccc(OCc3ccc(C#N)cc3F)n2)CCN1Cc1nc2c(OC(F)F)cc(C(=O)O)cc2n1C[C@@H]1CCO1. The van der Waals surface area contributed by atoms with Gasteiger partial charge in [-0.3, -0.25) is 4.90 Å². The number of aromatic nitrogens is 3. The van der Waals surface area contributed by atoms with Crippen molar-refractivity contribution in [1.82, 2.24) is 19.4 Å². The average Bonchev–Trinajstić information content (AvgIpc) is 3.36. The lowest BCUT2D eigenvalue weighted by Gasteiger charge is -2.40. The largest absolute Gasteiger partial charge is 0.478 e. The van der Waals surface area contributed by atoms with Crippen molar-refractivity contribution >= 4 is 22.8 Å². The number of carboxylic acids is 1. The molecule has 6 rings (SSSR count). The van der Waals surface area contributed by atoms with Crippen LogP contribution in [0.1, 0.15) is 40.7 Å². The summed E-state index contributed by atoms with van der Waals surface area (Å²) in [5, 5.41) is 18.6. The summed E-state index contributed by atoms with van der Waals surface area (Å²) < 4.78 is 58.8. The van der Waals surface area contributed by atoms with Gasteiger partial charge in [-0.2, -0.15) is 19.0 Å². The molecule has 2 aliphatic rings. The number of hydrogen-bond acceptors (Lipinski definition) is 9. The van der Waals surface area contributed by atoms with Crippen LogP contribution in [0.3, 0.4) is 0 Å². The molecule has 0 bridgehead atoms. The standard InChI is InChI=1S/C32H31F3N6O5/c1-19-15-40(27-3-2-4-29(37-27)45-18-21-6-5-20(14-36)11-24(21)33)9-8-39(19)17-28-38-30-25(41(28)16-23-7-10-44-23)12-22(31(42)43)13-26(30)46-32(34)35/h2-6,11-13,19,23,32H,7-10,15-18H2,1H3,(H,42,43)/t19?,23-/m0/s1. The predicted octanol–water partition coefficient (Wildman–Crippen LogP) is 4.82. The fraction of sp³-hybridized carbons (Fsp3) is 0.375. The zero-order valence-corrected chi connectivity index (χ0v) is 24.9. The molecule has 0 radical (unpaired) electrons. The zero-order chi connectivity index (χ0) is 32.4. The molecular weight excluding hydrogens is 605 g/mol. The fourth-order valence-electron chi connectivity index (χ4n) is 5.67. The van der Waals surface area contributed by atoms with Gasteiger partial charge in [0.2, 0.25) is 5.88 Å². The molecule has 0 saturated carbocycles. The van der Waals surface area contributed by atoms with Crippen molar-refractivity contribution in [1.29, 1.82) is 5.26 Å². The summed E-state index contributed by atoms with van der Waals surface area (Å²) in [6.07, 6.45) is 0.734. The Morgan fingerprint density at radius 1 is 1.20 bits per heavy atom. The van der Waals surface area contributed by atoms with E-state index in [1.807, 2.05) is 22.8 Å². The molecule has 4 heterocycles. The van der Waals surface area contributed by atoms with Crippen molar-refractivity contribution in [2.24, 2.45) is 0 Å². The van der Waals surface area contributed by atoms with Gasteiger partial charge in [0.05, 0.1) is 41.9 Å². The van der Waals surface area contributed by atoms with Crippen LogP contribution >= 0.6 is 0 Å². The van der Waals surface area contributed by atoms with Crippen LogP contribution in [0.5, 0.6) is 11.6 Å². The maximum atomic E-state index is 14.3. The van der Waals surface area contributed by atoms with Crippen LogP contribution in [0.25, 0.3) is 11.0 Å². The van der Waals surface area contributed by atoms with Crippen molar-refractivity contribution in [2.45, 2.75) is 51.8 Å². The second-order valence-electron chi connectivity index (χ2n) is 11.3. The summed E-state index contributed by atoms with van der Waals surface area (Å²) in [7, 11) is 0. The van der Waals surface area contributed by atoms with Crippen molar-refractivity contribution in [3.63, 3.8) is 0 Å². The first-order valence-electron chi connectivity index (χ1n) is 14.8. The van der Waals surface area contributed by atoms with Crippen molar-refractivity contribution in [3.05, 3.63) is 76.9 Å². The first-order valence-corrected chi connectivity index (χ1v) is 14.8. The van der Waals surface area contributed by atoms with Gasteiger partial charge in [-0.1, -0.05) is 12.1 Å². The molecule has 11 nitrogen and oxygen atoms in total. The Hall–Kier alpha value is -4.87. The van der Waals surface area contributed by atoms with Gasteiger partial charge < -0.3 is 28.8 Å². The van der Waals surface area contributed by atoms with E-state index in [4.69, 9.17) is 19.5 Å². The van der Waals surface area contributed by atoms with Crippen LogP contribution < -0.4 is 14.4 Å². The minimum absolute atomic E-state index is 0.0347. The summed E-state index contributed by atoms with van der Waals surface area (Å²) >= 11 is 0. The maximum absolute atomic E-state index is 14.3. The third-order valence-corrected chi connectivity index (χ3v) is 8.24. The number of fused-ring (bicyclic) bond motifs is 1. The first kappa shape index (κ1) is 31.1. The highest BCUT2D eigenvalue weighted by Gasteiger charge is 2.29. The summed E-state index contributed by atoms with van der Waals surface area (Å²) in [5.74, 6) is -0.429. The van der Waals surface area contributed by atoms with Gasteiger partial charge in [0.25, 0.3) is 0 Å². The van der Waals surface area contributed by atoms with Crippen LogP contribution in [0.2, 0.25) is 0 Å². The van der Waals surface area contributed by atoms with Crippen LogP contribution in [0, 0.1) is 17.1 Å². The number of hydrogen-bond donors (Lipinski definition) is 1. The molecule has 0 aliphatic carbocycles. The molecule has 0 amide bonds. The highest BCUT2D eigenvalue weighted by Crippen LogP contribution is 2.32. The molecule has 1 unspecified atom stereocenters. The fourth-order valence-corrected chi connectivity index (χ4v) is 5.67. The van der Waals surface area contributed by atoms with Crippen LogP contribution in [0.4, 0.5) is 19.0 Å². The Kier molecular flexibility index (Phi) is 8.96. The number of pyridine rings is 1. The second kappa shape index (κ2) is 13.2. The Morgan fingerprint density at radius 2 is 2.02 bits per heavy atom. The van der Waals surface area contributed by atoms with Crippen LogP contribution in [-0.2, 0) is 24.4 Å². The second-order valence-corrected chi connectivity index (χ2v) is 11.3. The Bertz CT molecular complexity index is 1790. The lowest BCUT2D eigenvalue weighted by molar-refractivity contribution is -0.0592. The highest BCUT2D eigenvalue weighted by molar-refractivity contribution is 5.95. The number of benzene rings is 2. The van der Waals surface area contributed by atoms with Crippen LogP contribution in [0.15, 0.2) is 48.5 Å². The molecular formula is C32H31F3N6O5. The lowest BCUT2D eigenvalue weighted by Crippen LogP contribution is -2.52. The smallest absolute Gasteiger partial charge is 0.387 e. The van der Waals surface area contributed by atoms with E-state index in [0.717, 1.165) is 12.5 Å². The zero-order valence-electron chi connectivity index (χ0n) is 24.9. The number of carboxylic acid groups (broad SMARTS) is 1. The predicted molar refractivity (Wildman–Crippen MR) is 159 cm³/mol. The molecule has 1 N–H and O–H groups in total. The third-order valence-electron chi connectivity index (χ3n) is 8.24. The van der Waals surface area contributed by atoms with E-state index in [2.05, 4.69) is 26.7 Å². The van der Waals surface area contributed by atoms with Crippen LogP contribution in [-0.4, -0.2) is 75.5 Å². The minimum Gasteiger partial charge on any atom is -0.478 e. The van der Waals surface area contributed by atoms with Gasteiger partial charge in [-0.25, -0.2) is 14.2 Å². The third kappa shape index (κ3) is 6.70. The quantitative estimate of drug-likeness (QED) is 0.245. The van der Waals surface area contributed by atoms with Crippen molar-refractivity contribution < 1.29 is 37.3 Å². The number of imidazole rings is 1. The summed E-state index contributed by atoms with van der Waals surface area (Å²) in [6, 6.07) is 14.1. The van der Waals surface area contributed by atoms with Gasteiger partial charge in [0.1, 0.15) is 29.6 Å². The van der Waals surface area contributed by atoms with Gasteiger partial charge in [0, 0.05) is 43.9 Å². The topological polar surface area (TPSA) is 126 Å². The number of nitrogens with zero attached hydrogens (tertiary/aromatic N) is 6. The molecule has 46 heavy (non-hydrogen) atoms. The molecule has 2 aromatic heterocycles. The van der Waals surface area contributed by atoms with Gasteiger partial charge in [0.15, 0.2) is 5.75 Å². The molecule has 2 aromatic carbocycles. The summed E-state index contributed by atoms with van der Waals surface area (Å²) in [4.78, 5) is 25.5. The molecule has 4 aromatic rings. The molecule has 0 spiro atoms. The number of nitriles is 1. The van der Waals surface area contributed by atoms with E-state index in [9.17, 15) is 23.1 Å². The van der Waals surface area contributed by atoms with Gasteiger partial charge >= 0.3 is 12.6 Å². The number of rotatable bonds is 11. The van der Waals surface area contributed by atoms with E-state index in [0.29, 0.717) is 67.9 Å². The molecule has 2 saturated heterocycles. The number of aromatic carboxylic acids is 1. The van der Waals surface area contributed by atoms with E-state index in [-0.39, 0.29) is 41.1 Å². The molecule has 2 fully saturated rings. The van der Waals surface area contributed by atoms with E-state index in [1.165, 1.54) is 24.3 Å². The molecule has 14 heteroatoms. The normalized spacial score (nSPS) is 18.4. The van der Waals surface area contributed by atoms with E-state index in [1.54, 1.807) is 6.07 Å². The number of piperazine rings is 1. The minimum atomic E-state index is -3.14. The van der Waals surface area contributed by atoms with E-state index < -0.39 is 18.4 Å². The summed E-state index contributed by atoms with van der Waals surface area (Å²) in [5.41, 5.74) is 0.947. The van der Waals surface area contributed by atoms with Gasteiger partial charge in [-0.05, 0) is 43.7 Å². The molecule has 2 atom stereocenters. The maximum Gasteiger partial charge on any atom is 0.387 e. The Labute approximate surface area is 262 Å². The number of carbonyl (C=O) groups is 1. The number of ether oxygens (including phenoxy) is 3. The summed E-state index contributed by atoms with van der Waals surface area (Å²) in [6.45, 7) is 2.18. The monoisotopic (exact) mass is 636 g/mol. The average molecular weight is 637 g/mol. The number of alkyl halides is 2. The van der Waals surface area contributed by atoms with Gasteiger partial charge in [-0.15, -0.1) is 0 Å². The van der Waals surface area contributed by atoms with E-state index >= 15 is 0 Å². The molecule has 240 valence electrons. The van der Waals surface area contributed by atoms with Crippen molar-refractivity contribution in [2.75, 3.05) is 31.1 Å². The Morgan fingerprint density at radius 3 is 2.70 bits per heavy atom. The van der Waals surface area contributed by atoms with Crippen molar-refractivity contribution in [3.8, 4) is 17.7 Å². The lowest BCUT2D eigenvalue weighted by atomic mass is 10.1.